The normalized spacial score (nSPS) is 15.0. The number of urea groups is 1. The summed E-state index contributed by atoms with van der Waals surface area (Å²) in [5.74, 6) is 0. The second kappa shape index (κ2) is 6.61. The lowest BCUT2D eigenvalue weighted by atomic mass is 9.87. The molecule has 25 heavy (non-hydrogen) atoms. The number of benzene rings is 2. The highest BCUT2D eigenvalue weighted by molar-refractivity contribution is 7.79. The molecule has 2 aromatic carbocycles. The molecule has 5 nitrogen and oxygen atoms in total. The highest BCUT2D eigenvalue weighted by atomic mass is 32.2. The highest BCUT2D eigenvalue weighted by Gasteiger charge is 2.24. The zero-order valence-electron chi connectivity index (χ0n) is 14.6. The van der Waals surface area contributed by atoms with Crippen LogP contribution in [-0.4, -0.2) is 19.7 Å². The lowest BCUT2D eigenvalue weighted by Crippen LogP contribution is -2.30. The smallest absolute Gasteiger partial charge is 0.316 e. The van der Waals surface area contributed by atoms with Gasteiger partial charge >= 0.3 is 6.03 Å². The van der Waals surface area contributed by atoms with Crippen molar-refractivity contribution in [2.45, 2.75) is 44.2 Å². The first-order chi connectivity index (χ1) is 11.7. The van der Waals surface area contributed by atoms with Gasteiger partial charge in [-0.05, 0) is 46.4 Å². The zero-order chi connectivity index (χ0) is 18.2. The van der Waals surface area contributed by atoms with Gasteiger partial charge in [0.05, 0.1) is 4.90 Å². The summed E-state index contributed by atoms with van der Waals surface area (Å²) >= 11 is -2.00. The van der Waals surface area contributed by atoms with E-state index in [9.17, 15) is 13.6 Å². The molecule has 2 aromatic rings. The van der Waals surface area contributed by atoms with Gasteiger partial charge in [0.25, 0.3) is 0 Å². The van der Waals surface area contributed by atoms with Gasteiger partial charge in [-0.2, -0.15) is 0 Å². The molecule has 0 spiro atoms. The monoisotopic (exact) mass is 358 g/mol. The van der Waals surface area contributed by atoms with Crippen LogP contribution in [0.25, 0.3) is 0 Å². The number of hydrogen-bond acceptors (Lipinski definition) is 2. The number of carbonyl (C=O) groups is 1. The van der Waals surface area contributed by atoms with Gasteiger partial charge in [0.1, 0.15) is 0 Å². The van der Waals surface area contributed by atoms with Gasteiger partial charge in [0, 0.05) is 18.8 Å². The van der Waals surface area contributed by atoms with Gasteiger partial charge in [-0.1, -0.05) is 39.0 Å². The van der Waals surface area contributed by atoms with Crippen molar-refractivity contribution in [3.8, 4) is 0 Å². The Balaban J connectivity index is 1.67. The zero-order valence-corrected chi connectivity index (χ0v) is 15.4. The standard InChI is InChI=1S/C19H22N2O3S/c1-19(2,3)15-5-7-16(8-6-15)20-18(22)21-11-13-4-9-17(25(23)24)10-14(13)12-21/h4-10H,11-12H2,1-3H3,(H,20,22)(H,23,24). The van der Waals surface area contributed by atoms with Crippen molar-refractivity contribution in [2.75, 3.05) is 5.32 Å². The van der Waals surface area contributed by atoms with Crippen LogP contribution >= 0.6 is 0 Å². The minimum atomic E-state index is -2.00. The number of amides is 2. The molecular weight excluding hydrogens is 336 g/mol. The molecule has 2 N–H and O–H groups in total. The maximum atomic E-state index is 12.5. The molecule has 0 fully saturated rings. The molecule has 1 heterocycles. The van der Waals surface area contributed by atoms with E-state index in [0.29, 0.717) is 18.0 Å². The molecule has 0 saturated heterocycles. The molecule has 1 atom stereocenters. The van der Waals surface area contributed by atoms with E-state index in [-0.39, 0.29) is 11.4 Å². The predicted molar refractivity (Wildman–Crippen MR) is 98.9 cm³/mol. The summed E-state index contributed by atoms with van der Waals surface area (Å²) in [6, 6.07) is 12.8. The molecule has 0 radical (unpaired) electrons. The van der Waals surface area contributed by atoms with Gasteiger partial charge in [0.15, 0.2) is 11.1 Å². The fraction of sp³-hybridized carbons (Fsp3) is 0.316. The maximum Gasteiger partial charge on any atom is 0.322 e. The third-order valence-corrected chi connectivity index (χ3v) is 5.05. The number of nitrogens with zero attached hydrogens (tertiary/aromatic N) is 1. The van der Waals surface area contributed by atoms with Crippen LogP contribution in [0.15, 0.2) is 47.4 Å². The quantitative estimate of drug-likeness (QED) is 0.794. The van der Waals surface area contributed by atoms with Crippen molar-refractivity contribution in [1.29, 1.82) is 0 Å². The van der Waals surface area contributed by atoms with Crippen LogP contribution in [0.3, 0.4) is 0 Å². The van der Waals surface area contributed by atoms with Crippen molar-refractivity contribution < 1.29 is 13.6 Å². The number of anilines is 1. The van der Waals surface area contributed by atoms with Gasteiger partial charge in [-0.3, -0.25) is 0 Å². The van der Waals surface area contributed by atoms with Gasteiger partial charge in [0.2, 0.25) is 0 Å². The molecule has 2 amide bonds. The molecule has 1 aliphatic heterocycles. The third-order valence-electron chi connectivity index (χ3n) is 4.39. The second-order valence-corrected chi connectivity index (χ2v) is 8.26. The Hall–Kier alpha value is -2.18. The Labute approximate surface area is 150 Å². The van der Waals surface area contributed by atoms with Crippen LogP contribution in [0.1, 0.15) is 37.5 Å². The van der Waals surface area contributed by atoms with Gasteiger partial charge in [-0.25, -0.2) is 9.00 Å². The summed E-state index contributed by atoms with van der Waals surface area (Å²) in [7, 11) is 0. The van der Waals surface area contributed by atoms with E-state index in [0.717, 1.165) is 16.8 Å². The van der Waals surface area contributed by atoms with Crippen LogP contribution in [-0.2, 0) is 29.6 Å². The van der Waals surface area contributed by atoms with Crippen LogP contribution in [0.5, 0.6) is 0 Å². The predicted octanol–water partition coefficient (Wildman–Crippen LogP) is 4.11. The van der Waals surface area contributed by atoms with Crippen molar-refractivity contribution in [3.05, 3.63) is 59.2 Å². The Kier molecular flexibility index (Phi) is 4.67. The molecule has 132 valence electrons. The van der Waals surface area contributed by atoms with E-state index < -0.39 is 11.1 Å². The number of hydrogen-bond donors (Lipinski definition) is 2. The molecule has 0 aliphatic carbocycles. The summed E-state index contributed by atoms with van der Waals surface area (Å²) < 4.78 is 20.4. The van der Waals surface area contributed by atoms with Crippen molar-refractivity contribution in [3.63, 3.8) is 0 Å². The highest BCUT2D eigenvalue weighted by Crippen LogP contribution is 2.26. The van der Waals surface area contributed by atoms with Crippen molar-refractivity contribution >= 4 is 22.8 Å². The minimum Gasteiger partial charge on any atom is -0.316 e. The van der Waals surface area contributed by atoms with Crippen molar-refractivity contribution in [2.24, 2.45) is 0 Å². The number of carbonyl (C=O) groups excluding carboxylic acids is 1. The van der Waals surface area contributed by atoms with E-state index in [1.807, 2.05) is 30.3 Å². The topological polar surface area (TPSA) is 69.6 Å². The Morgan fingerprint density at radius 1 is 1.08 bits per heavy atom. The van der Waals surface area contributed by atoms with Crippen LogP contribution < -0.4 is 5.32 Å². The molecule has 0 saturated carbocycles. The average Bonchev–Trinajstić information content (AvgIpc) is 2.97. The molecule has 1 aliphatic rings. The maximum absolute atomic E-state index is 12.5. The molecule has 0 bridgehead atoms. The molecule has 1 unspecified atom stereocenters. The molecular formula is C19H22N2O3S. The first kappa shape index (κ1) is 17.6. The van der Waals surface area contributed by atoms with Crippen LogP contribution in [0, 0.1) is 0 Å². The first-order valence-electron chi connectivity index (χ1n) is 8.13. The Morgan fingerprint density at radius 2 is 1.72 bits per heavy atom. The molecule has 6 heteroatoms. The van der Waals surface area contributed by atoms with Gasteiger partial charge in [-0.15, -0.1) is 0 Å². The second-order valence-electron chi connectivity index (χ2n) is 7.29. The van der Waals surface area contributed by atoms with E-state index in [2.05, 4.69) is 26.1 Å². The fourth-order valence-corrected chi connectivity index (χ4v) is 3.31. The summed E-state index contributed by atoms with van der Waals surface area (Å²) in [5.41, 5.74) is 3.96. The van der Waals surface area contributed by atoms with E-state index in [1.54, 1.807) is 17.0 Å². The lowest BCUT2D eigenvalue weighted by Gasteiger charge is -2.20. The summed E-state index contributed by atoms with van der Waals surface area (Å²) in [5, 5.41) is 2.91. The average molecular weight is 358 g/mol. The van der Waals surface area contributed by atoms with Crippen LogP contribution in [0.2, 0.25) is 0 Å². The Morgan fingerprint density at radius 3 is 2.32 bits per heavy atom. The molecule has 0 aromatic heterocycles. The van der Waals surface area contributed by atoms with Crippen molar-refractivity contribution in [1.82, 2.24) is 4.90 Å². The van der Waals surface area contributed by atoms with E-state index >= 15 is 0 Å². The fourth-order valence-electron chi connectivity index (χ4n) is 2.88. The van der Waals surface area contributed by atoms with Crippen LogP contribution in [0.4, 0.5) is 10.5 Å². The third kappa shape index (κ3) is 3.91. The number of fused-ring (bicyclic) bond motifs is 1. The summed E-state index contributed by atoms with van der Waals surface area (Å²) in [4.78, 5) is 14.5. The lowest BCUT2D eigenvalue weighted by molar-refractivity contribution is 0.212. The molecule has 3 rings (SSSR count). The largest absolute Gasteiger partial charge is 0.322 e. The van der Waals surface area contributed by atoms with E-state index in [1.165, 1.54) is 5.56 Å². The SMILES string of the molecule is CC(C)(C)c1ccc(NC(=O)N2Cc3ccc(S(=O)O)cc3C2)cc1. The minimum absolute atomic E-state index is 0.0731. The summed E-state index contributed by atoms with van der Waals surface area (Å²) in [6.07, 6.45) is 0. The van der Waals surface area contributed by atoms with Gasteiger partial charge < -0.3 is 14.8 Å². The Bertz CT molecular complexity index is 826. The first-order valence-corrected chi connectivity index (χ1v) is 9.24. The summed E-state index contributed by atoms with van der Waals surface area (Å²) in [6.45, 7) is 7.38. The number of nitrogens with one attached hydrogen (secondary N) is 1. The van der Waals surface area contributed by atoms with E-state index in [4.69, 9.17) is 0 Å². The number of rotatable bonds is 2.